The molecule has 0 bridgehead atoms. The molecule has 1 N–H and O–H groups in total. The highest BCUT2D eigenvalue weighted by atomic mass is 32.2. The largest absolute Gasteiger partial charge is 0.439 e. The summed E-state index contributed by atoms with van der Waals surface area (Å²) in [4.78, 5) is 16.0. The molecule has 8 heteroatoms. The number of piperidine rings is 1. The van der Waals surface area contributed by atoms with Crippen molar-refractivity contribution in [3.05, 3.63) is 61.3 Å². The van der Waals surface area contributed by atoms with Crippen molar-refractivity contribution in [1.29, 1.82) is 0 Å². The van der Waals surface area contributed by atoms with Crippen molar-refractivity contribution in [3.8, 4) is 11.6 Å². The minimum absolute atomic E-state index is 0.0311. The topological polar surface area (TPSA) is 88.6 Å². The Labute approximate surface area is 176 Å². The number of pyridine rings is 1. The SMILES string of the molecule is C=CC(=O)NC1CCN(S(=O)(=O)c2ccc(Oc3ccccn3)cc2)C2(CCC2)C1. The smallest absolute Gasteiger partial charge is 0.243 e. The van der Waals surface area contributed by atoms with E-state index in [9.17, 15) is 13.2 Å². The normalized spacial score (nSPS) is 20.9. The summed E-state index contributed by atoms with van der Waals surface area (Å²) in [5.41, 5.74) is -0.417. The molecule has 2 heterocycles. The molecule has 2 aliphatic rings. The Kier molecular flexibility index (Phi) is 5.62. The number of carbonyl (C=O) groups is 1. The van der Waals surface area contributed by atoms with Crippen LogP contribution < -0.4 is 10.1 Å². The van der Waals surface area contributed by atoms with Crippen LogP contribution in [0.4, 0.5) is 0 Å². The van der Waals surface area contributed by atoms with E-state index >= 15 is 0 Å². The van der Waals surface area contributed by atoms with Crippen molar-refractivity contribution in [2.75, 3.05) is 6.54 Å². The maximum atomic E-state index is 13.4. The van der Waals surface area contributed by atoms with E-state index in [-0.39, 0.29) is 16.8 Å². The van der Waals surface area contributed by atoms with Gasteiger partial charge >= 0.3 is 0 Å². The molecule has 158 valence electrons. The molecule has 1 amide bonds. The molecule has 1 spiro atoms. The van der Waals surface area contributed by atoms with Crippen molar-refractivity contribution in [2.45, 2.75) is 48.6 Å². The molecule has 0 radical (unpaired) electrons. The predicted molar refractivity (Wildman–Crippen MR) is 113 cm³/mol. The summed E-state index contributed by atoms with van der Waals surface area (Å²) in [5, 5.41) is 2.93. The lowest BCUT2D eigenvalue weighted by Gasteiger charge is -2.54. The average molecular weight is 428 g/mol. The molecule has 1 saturated carbocycles. The van der Waals surface area contributed by atoms with Gasteiger partial charge in [-0.25, -0.2) is 13.4 Å². The van der Waals surface area contributed by atoms with E-state index in [0.717, 1.165) is 19.3 Å². The van der Waals surface area contributed by atoms with E-state index in [2.05, 4.69) is 16.9 Å². The van der Waals surface area contributed by atoms with Crippen LogP contribution in [0.15, 0.2) is 66.2 Å². The molecule has 1 aromatic heterocycles. The van der Waals surface area contributed by atoms with Gasteiger partial charge < -0.3 is 10.1 Å². The van der Waals surface area contributed by atoms with Crippen LogP contribution in [0.3, 0.4) is 0 Å². The zero-order valence-electron chi connectivity index (χ0n) is 16.7. The first kappa shape index (κ1) is 20.6. The average Bonchev–Trinajstić information content (AvgIpc) is 2.73. The lowest BCUT2D eigenvalue weighted by atomic mass is 9.70. The van der Waals surface area contributed by atoms with Gasteiger partial charge in [-0.05, 0) is 68.5 Å². The Balaban J connectivity index is 1.51. The standard InChI is InChI=1S/C22H25N3O4S/c1-2-20(26)24-17-11-15-25(22(16-17)12-5-13-22)30(27,28)19-9-7-18(8-10-19)29-21-6-3-4-14-23-21/h2-4,6-10,14,17H,1,5,11-13,15-16H2,(H,24,26). The Bertz CT molecular complexity index is 1020. The number of sulfonamides is 1. The van der Waals surface area contributed by atoms with Crippen molar-refractivity contribution in [1.82, 2.24) is 14.6 Å². The van der Waals surface area contributed by atoms with Gasteiger partial charge in [0.1, 0.15) is 5.75 Å². The van der Waals surface area contributed by atoms with Crippen molar-refractivity contribution in [3.63, 3.8) is 0 Å². The fourth-order valence-corrected chi connectivity index (χ4v) is 6.15. The second kappa shape index (κ2) is 8.20. The van der Waals surface area contributed by atoms with Gasteiger partial charge in [-0.2, -0.15) is 4.31 Å². The van der Waals surface area contributed by atoms with E-state index in [1.54, 1.807) is 46.9 Å². The summed E-state index contributed by atoms with van der Waals surface area (Å²) in [7, 11) is -3.65. The highest BCUT2D eigenvalue weighted by molar-refractivity contribution is 7.89. The first-order valence-electron chi connectivity index (χ1n) is 10.1. The summed E-state index contributed by atoms with van der Waals surface area (Å²) in [6, 6.07) is 11.8. The van der Waals surface area contributed by atoms with Crippen molar-refractivity contribution < 1.29 is 17.9 Å². The van der Waals surface area contributed by atoms with Crippen LogP contribution in [0.2, 0.25) is 0 Å². The van der Waals surface area contributed by atoms with Crippen LogP contribution in [-0.4, -0.2) is 41.7 Å². The highest BCUT2D eigenvalue weighted by Gasteiger charge is 2.51. The molecular weight excluding hydrogens is 402 g/mol. The second-order valence-corrected chi connectivity index (χ2v) is 9.66. The molecule has 1 atom stereocenters. The van der Waals surface area contributed by atoms with Gasteiger partial charge in [0.25, 0.3) is 0 Å². The van der Waals surface area contributed by atoms with E-state index in [1.807, 2.05) is 6.07 Å². The number of ether oxygens (including phenoxy) is 1. The Morgan fingerprint density at radius 3 is 2.60 bits per heavy atom. The third kappa shape index (κ3) is 3.97. The summed E-state index contributed by atoms with van der Waals surface area (Å²) in [5.74, 6) is 0.760. The third-order valence-electron chi connectivity index (χ3n) is 5.92. The molecule has 1 aliphatic carbocycles. The minimum atomic E-state index is -3.65. The zero-order chi connectivity index (χ0) is 21.2. The molecule has 30 heavy (non-hydrogen) atoms. The van der Waals surface area contributed by atoms with Gasteiger partial charge in [0.05, 0.1) is 4.90 Å². The lowest BCUT2D eigenvalue weighted by Crippen LogP contribution is -2.63. The van der Waals surface area contributed by atoms with Gasteiger partial charge in [0.15, 0.2) is 0 Å². The Morgan fingerprint density at radius 2 is 2.00 bits per heavy atom. The fourth-order valence-electron chi connectivity index (χ4n) is 4.30. The van der Waals surface area contributed by atoms with Gasteiger partial charge in [0.2, 0.25) is 21.8 Å². The maximum Gasteiger partial charge on any atom is 0.243 e. The van der Waals surface area contributed by atoms with E-state index in [1.165, 1.54) is 6.08 Å². The summed E-state index contributed by atoms with van der Waals surface area (Å²) >= 11 is 0. The first-order chi connectivity index (χ1) is 14.4. The quantitative estimate of drug-likeness (QED) is 0.715. The third-order valence-corrected chi connectivity index (χ3v) is 7.94. The van der Waals surface area contributed by atoms with Crippen LogP contribution >= 0.6 is 0 Å². The Hall–Kier alpha value is -2.71. The Morgan fingerprint density at radius 1 is 1.23 bits per heavy atom. The van der Waals surface area contributed by atoms with Crippen molar-refractivity contribution in [2.24, 2.45) is 0 Å². The number of nitrogens with one attached hydrogen (secondary N) is 1. The molecular formula is C22H25N3O4S. The van der Waals surface area contributed by atoms with Crippen LogP contribution in [0.25, 0.3) is 0 Å². The number of benzene rings is 1. The van der Waals surface area contributed by atoms with Crippen LogP contribution in [0.1, 0.15) is 32.1 Å². The molecule has 2 fully saturated rings. The number of rotatable bonds is 6. The van der Waals surface area contributed by atoms with Gasteiger partial charge in [-0.15, -0.1) is 0 Å². The minimum Gasteiger partial charge on any atom is -0.439 e. The number of hydrogen-bond donors (Lipinski definition) is 1. The number of carbonyl (C=O) groups excluding carboxylic acids is 1. The molecule has 1 unspecified atom stereocenters. The fraction of sp³-hybridized carbons (Fsp3) is 0.364. The van der Waals surface area contributed by atoms with Gasteiger partial charge in [0, 0.05) is 30.4 Å². The maximum absolute atomic E-state index is 13.4. The molecule has 1 saturated heterocycles. The summed E-state index contributed by atoms with van der Waals surface area (Å²) < 4.78 is 34.1. The van der Waals surface area contributed by atoms with Crippen molar-refractivity contribution >= 4 is 15.9 Å². The summed E-state index contributed by atoms with van der Waals surface area (Å²) in [6.45, 7) is 3.88. The van der Waals surface area contributed by atoms with Gasteiger partial charge in [-0.1, -0.05) is 12.6 Å². The lowest BCUT2D eigenvalue weighted by molar-refractivity contribution is -0.117. The van der Waals surface area contributed by atoms with E-state index in [0.29, 0.717) is 31.0 Å². The second-order valence-electron chi connectivity index (χ2n) is 7.80. The molecule has 1 aromatic carbocycles. The zero-order valence-corrected chi connectivity index (χ0v) is 17.5. The first-order valence-corrected chi connectivity index (χ1v) is 11.5. The number of nitrogens with zero attached hydrogens (tertiary/aromatic N) is 2. The number of amides is 1. The highest BCUT2D eigenvalue weighted by Crippen LogP contribution is 2.47. The number of aromatic nitrogens is 1. The predicted octanol–water partition coefficient (Wildman–Crippen LogP) is 3.25. The molecule has 1 aliphatic heterocycles. The van der Waals surface area contributed by atoms with Crippen LogP contribution in [0.5, 0.6) is 11.6 Å². The van der Waals surface area contributed by atoms with Gasteiger partial charge in [-0.3, -0.25) is 4.79 Å². The monoisotopic (exact) mass is 427 g/mol. The van der Waals surface area contributed by atoms with Crippen LogP contribution in [-0.2, 0) is 14.8 Å². The number of hydrogen-bond acceptors (Lipinski definition) is 5. The summed E-state index contributed by atoms with van der Waals surface area (Å²) in [6.07, 6.45) is 6.72. The molecule has 2 aromatic rings. The molecule has 7 nitrogen and oxygen atoms in total. The molecule has 4 rings (SSSR count). The van der Waals surface area contributed by atoms with Crippen LogP contribution in [0, 0.1) is 0 Å². The van der Waals surface area contributed by atoms with E-state index in [4.69, 9.17) is 4.74 Å². The van der Waals surface area contributed by atoms with E-state index < -0.39 is 15.6 Å².